The largest absolute Gasteiger partial charge is 0.459 e. The number of anilines is 1. The predicted molar refractivity (Wildman–Crippen MR) is 111 cm³/mol. The maximum Gasteiger partial charge on any atom is 0.291 e. The van der Waals surface area contributed by atoms with E-state index in [4.69, 9.17) is 4.42 Å². The maximum absolute atomic E-state index is 12.5. The minimum Gasteiger partial charge on any atom is -0.459 e. The fourth-order valence-corrected chi connectivity index (χ4v) is 2.79. The molecule has 8 heteroatoms. The molecule has 1 aromatic carbocycles. The molecule has 3 amide bonds. The SMILES string of the molecule is Cc1nc(C(=O)N(C)C)ccc1C(=O)NCc1cccc(NC(=O)c2ccco2)c1. The summed E-state index contributed by atoms with van der Waals surface area (Å²) in [6, 6.07) is 13.5. The van der Waals surface area contributed by atoms with Crippen LogP contribution < -0.4 is 10.6 Å². The molecule has 30 heavy (non-hydrogen) atoms. The highest BCUT2D eigenvalue weighted by Crippen LogP contribution is 2.14. The zero-order valence-corrected chi connectivity index (χ0v) is 16.9. The number of nitrogens with zero attached hydrogens (tertiary/aromatic N) is 2. The first-order valence-electron chi connectivity index (χ1n) is 9.26. The summed E-state index contributed by atoms with van der Waals surface area (Å²) in [5, 5.41) is 5.58. The zero-order chi connectivity index (χ0) is 21.7. The van der Waals surface area contributed by atoms with Gasteiger partial charge in [0.1, 0.15) is 5.69 Å². The van der Waals surface area contributed by atoms with E-state index in [9.17, 15) is 14.4 Å². The van der Waals surface area contributed by atoms with Gasteiger partial charge in [0.2, 0.25) is 0 Å². The number of furan rings is 1. The zero-order valence-electron chi connectivity index (χ0n) is 16.9. The Morgan fingerprint density at radius 3 is 2.50 bits per heavy atom. The smallest absolute Gasteiger partial charge is 0.291 e. The Kier molecular flexibility index (Phi) is 6.26. The van der Waals surface area contributed by atoms with Gasteiger partial charge in [0.05, 0.1) is 17.5 Å². The van der Waals surface area contributed by atoms with E-state index in [2.05, 4.69) is 15.6 Å². The quantitative estimate of drug-likeness (QED) is 0.655. The minimum absolute atomic E-state index is 0.216. The second kappa shape index (κ2) is 9.04. The number of aryl methyl sites for hydroxylation is 1. The van der Waals surface area contributed by atoms with Gasteiger partial charge in [-0.2, -0.15) is 0 Å². The molecule has 0 radical (unpaired) electrons. The van der Waals surface area contributed by atoms with Crippen molar-refractivity contribution in [2.24, 2.45) is 0 Å². The first-order valence-corrected chi connectivity index (χ1v) is 9.26. The second-order valence-corrected chi connectivity index (χ2v) is 6.84. The molecular formula is C22H22N4O4. The Balaban J connectivity index is 1.63. The van der Waals surface area contributed by atoms with Crippen LogP contribution in [0.4, 0.5) is 5.69 Å². The molecule has 8 nitrogen and oxygen atoms in total. The van der Waals surface area contributed by atoms with Crippen molar-refractivity contribution in [2.75, 3.05) is 19.4 Å². The molecule has 3 aromatic rings. The second-order valence-electron chi connectivity index (χ2n) is 6.84. The third kappa shape index (κ3) is 4.91. The summed E-state index contributed by atoms with van der Waals surface area (Å²) in [6.07, 6.45) is 1.43. The summed E-state index contributed by atoms with van der Waals surface area (Å²) in [5.74, 6) is -0.657. The molecule has 0 saturated heterocycles. The van der Waals surface area contributed by atoms with Crippen LogP contribution in [0.15, 0.2) is 59.2 Å². The van der Waals surface area contributed by atoms with E-state index in [1.807, 2.05) is 6.07 Å². The van der Waals surface area contributed by atoms with Crippen molar-refractivity contribution < 1.29 is 18.8 Å². The number of hydrogen-bond acceptors (Lipinski definition) is 5. The lowest BCUT2D eigenvalue weighted by Crippen LogP contribution is -2.26. The first kappa shape index (κ1) is 20.8. The van der Waals surface area contributed by atoms with E-state index in [1.54, 1.807) is 57.4 Å². The summed E-state index contributed by atoms with van der Waals surface area (Å²) in [5.41, 5.74) is 2.56. The Labute approximate surface area is 173 Å². The molecule has 2 aromatic heterocycles. The van der Waals surface area contributed by atoms with Crippen LogP contribution in [0.1, 0.15) is 42.7 Å². The number of pyridine rings is 1. The molecule has 2 N–H and O–H groups in total. The van der Waals surface area contributed by atoms with Crippen molar-refractivity contribution >= 4 is 23.4 Å². The van der Waals surface area contributed by atoms with E-state index in [0.29, 0.717) is 16.9 Å². The number of rotatable bonds is 6. The summed E-state index contributed by atoms with van der Waals surface area (Å²) in [6.45, 7) is 1.95. The monoisotopic (exact) mass is 406 g/mol. The number of aromatic nitrogens is 1. The Hall–Kier alpha value is -3.94. The van der Waals surface area contributed by atoms with Gasteiger partial charge in [0, 0.05) is 26.3 Å². The van der Waals surface area contributed by atoms with E-state index < -0.39 is 0 Å². The van der Waals surface area contributed by atoms with Crippen LogP contribution in [-0.2, 0) is 6.54 Å². The first-order chi connectivity index (χ1) is 14.3. The van der Waals surface area contributed by atoms with Gasteiger partial charge in [-0.15, -0.1) is 0 Å². The van der Waals surface area contributed by atoms with Crippen molar-refractivity contribution in [1.82, 2.24) is 15.2 Å². The van der Waals surface area contributed by atoms with Crippen LogP contribution in [0.2, 0.25) is 0 Å². The lowest BCUT2D eigenvalue weighted by atomic mass is 10.1. The average molecular weight is 406 g/mol. The maximum atomic E-state index is 12.5. The predicted octanol–water partition coefficient (Wildman–Crippen LogP) is 2.87. The molecule has 3 rings (SSSR count). The van der Waals surface area contributed by atoms with Crippen molar-refractivity contribution in [2.45, 2.75) is 13.5 Å². The number of hydrogen-bond donors (Lipinski definition) is 2. The van der Waals surface area contributed by atoms with E-state index >= 15 is 0 Å². The van der Waals surface area contributed by atoms with Gasteiger partial charge < -0.3 is 20.0 Å². The van der Waals surface area contributed by atoms with Crippen LogP contribution in [0.25, 0.3) is 0 Å². The van der Waals surface area contributed by atoms with Gasteiger partial charge in [0.15, 0.2) is 5.76 Å². The van der Waals surface area contributed by atoms with Crippen LogP contribution in [-0.4, -0.2) is 41.7 Å². The highest BCUT2D eigenvalue weighted by molar-refractivity contribution is 6.02. The molecule has 0 aliphatic carbocycles. The standard InChI is InChI=1S/C22H22N4O4/c1-14-17(9-10-18(24-14)22(29)26(2)3)20(27)23-13-15-6-4-7-16(12-15)25-21(28)19-8-5-11-30-19/h4-12H,13H2,1-3H3,(H,23,27)(H,25,28). The van der Waals surface area contributed by atoms with E-state index in [1.165, 1.54) is 17.2 Å². The fourth-order valence-electron chi connectivity index (χ4n) is 2.79. The van der Waals surface area contributed by atoms with Crippen LogP contribution in [0.3, 0.4) is 0 Å². The number of nitrogens with one attached hydrogen (secondary N) is 2. The summed E-state index contributed by atoms with van der Waals surface area (Å²) in [4.78, 5) is 42.3. The number of carbonyl (C=O) groups is 3. The highest BCUT2D eigenvalue weighted by Gasteiger charge is 2.15. The third-order valence-corrected chi connectivity index (χ3v) is 4.34. The summed E-state index contributed by atoms with van der Waals surface area (Å²) < 4.78 is 5.07. The van der Waals surface area contributed by atoms with Gasteiger partial charge >= 0.3 is 0 Å². The topological polar surface area (TPSA) is 105 Å². The molecule has 0 aliphatic heterocycles. The normalized spacial score (nSPS) is 10.4. The van der Waals surface area contributed by atoms with Crippen molar-refractivity contribution in [3.63, 3.8) is 0 Å². The van der Waals surface area contributed by atoms with Crippen LogP contribution in [0, 0.1) is 6.92 Å². The average Bonchev–Trinajstić information content (AvgIpc) is 3.26. The van der Waals surface area contributed by atoms with Gasteiger partial charge in [-0.25, -0.2) is 4.98 Å². The molecule has 0 unspecified atom stereocenters. The molecule has 0 bridgehead atoms. The molecule has 2 heterocycles. The van der Waals surface area contributed by atoms with Crippen LogP contribution in [0.5, 0.6) is 0 Å². The van der Waals surface area contributed by atoms with Gasteiger partial charge in [-0.05, 0) is 48.9 Å². The molecule has 0 aliphatic rings. The third-order valence-electron chi connectivity index (χ3n) is 4.34. The summed E-state index contributed by atoms with van der Waals surface area (Å²) >= 11 is 0. The minimum atomic E-state index is -0.352. The summed E-state index contributed by atoms with van der Waals surface area (Å²) in [7, 11) is 3.29. The Bertz CT molecular complexity index is 1070. The Morgan fingerprint density at radius 2 is 1.83 bits per heavy atom. The number of carbonyl (C=O) groups excluding carboxylic acids is 3. The van der Waals surface area contributed by atoms with Crippen molar-refractivity contribution in [3.05, 3.63) is 83.1 Å². The van der Waals surface area contributed by atoms with Gasteiger partial charge in [0.25, 0.3) is 17.7 Å². The van der Waals surface area contributed by atoms with Crippen molar-refractivity contribution in [1.29, 1.82) is 0 Å². The van der Waals surface area contributed by atoms with Gasteiger partial charge in [-0.3, -0.25) is 14.4 Å². The molecule has 0 fully saturated rings. The number of benzene rings is 1. The molecule has 0 saturated carbocycles. The molecular weight excluding hydrogens is 384 g/mol. The molecule has 154 valence electrons. The molecule has 0 spiro atoms. The van der Waals surface area contributed by atoms with Gasteiger partial charge in [-0.1, -0.05) is 12.1 Å². The highest BCUT2D eigenvalue weighted by atomic mass is 16.3. The fraction of sp³-hybridized carbons (Fsp3) is 0.182. The Morgan fingerprint density at radius 1 is 1.03 bits per heavy atom. The van der Waals surface area contributed by atoms with Crippen LogP contribution >= 0.6 is 0 Å². The lowest BCUT2D eigenvalue weighted by molar-refractivity contribution is 0.0820. The van der Waals surface area contributed by atoms with E-state index in [0.717, 1.165) is 5.56 Å². The number of amides is 3. The molecule has 0 atom stereocenters. The van der Waals surface area contributed by atoms with E-state index in [-0.39, 0.29) is 35.7 Å². The lowest BCUT2D eigenvalue weighted by Gasteiger charge is -2.12. The van der Waals surface area contributed by atoms with Crippen molar-refractivity contribution in [3.8, 4) is 0 Å².